The number of hydrogen-bond acceptors (Lipinski definition) is 6. The molecule has 0 bridgehead atoms. The Kier molecular flexibility index (Phi) is 5.16. The minimum atomic E-state index is -1.40. The van der Waals surface area contributed by atoms with Crippen molar-refractivity contribution in [3.8, 4) is 17.2 Å². The molecule has 140 valence electrons. The highest BCUT2D eigenvalue weighted by molar-refractivity contribution is 5.82. The molecule has 1 N–H and O–H groups in total. The van der Waals surface area contributed by atoms with E-state index in [-0.39, 0.29) is 28.2 Å². The molecule has 0 saturated carbocycles. The molecule has 0 aliphatic carbocycles. The largest absolute Gasteiger partial charge is 0.550 e. The van der Waals surface area contributed by atoms with Crippen molar-refractivity contribution in [1.29, 1.82) is 0 Å². The van der Waals surface area contributed by atoms with Crippen LogP contribution in [0.1, 0.15) is 30.7 Å². The molecule has 0 fully saturated rings. The quantitative estimate of drug-likeness (QED) is 0.719. The first-order chi connectivity index (χ1) is 12.9. The van der Waals surface area contributed by atoms with Crippen molar-refractivity contribution in [2.24, 2.45) is 0 Å². The van der Waals surface area contributed by atoms with Gasteiger partial charge < -0.3 is 24.2 Å². The maximum atomic E-state index is 13.0. The molecule has 6 heteroatoms. The number of benzene rings is 2. The summed E-state index contributed by atoms with van der Waals surface area (Å²) >= 11 is 0. The van der Waals surface area contributed by atoms with Crippen LogP contribution in [0.2, 0.25) is 0 Å². The van der Waals surface area contributed by atoms with Gasteiger partial charge in [-0.05, 0) is 42.2 Å². The standard InChI is InChI=1S/C21H20O6/c1-3-12-5-7-14(8-6-12)26-21-18(11-19(23)24)27-17-10-16(22)13(4-2)9-15(17)20(21)25/h5-10,22H,3-4,11H2,1-2H3,(H,23,24)/p-1. The van der Waals surface area contributed by atoms with Crippen molar-refractivity contribution in [2.45, 2.75) is 33.1 Å². The summed E-state index contributed by atoms with van der Waals surface area (Å²) in [4.78, 5) is 24.1. The van der Waals surface area contributed by atoms with Crippen LogP contribution in [-0.2, 0) is 24.1 Å². The van der Waals surface area contributed by atoms with Crippen molar-refractivity contribution in [1.82, 2.24) is 0 Å². The molecular formula is C21H19O6-. The third-order valence-electron chi connectivity index (χ3n) is 4.36. The van der Waals surface area contributed by atoms with Gasteiger partial charge in [0.05, 0.1) is 5.39 Å². The number of rotatable bonds is 6. The predicted molar refractivity (Wildman–Crippen MR) is 98.1 cm³/mol. The summed E-state index contributed by atoms with van der Waals surface area (Å²) in [6, 6.07) is 9.99. The first-order valence-electron chi connectivity index (χ1n) is 8.71. The average molecular weight is 367 g/mol. The van der Waals surface area contributed by atoms with Crippen LogP contribution in [0.25, 0.3) is 11.0 Å². The summed E-state index contributed by atoms with van der Waals surface area (Å²) in [5.74, 6) is -1.37. The molecule has 0 radical (unpaired) electrons. The predicted octanol–water partition coefficient (Wildman–Crippen LogP) is 2.71. The molecule has 1 aromatic heterocycles. The van der Waals surface area contributed by atoms with Crippen molar-refractivity contribution < 1.29 is 24.2 Å². The van der Waals surface area contributed by atoms with E-state index in [4.69, 9.17) is 9.15 Å². The molecule has 0 unspecified atom stereocenters. The first-order valence-corrected chi connectivity index (χ1v) is 8.71. The Labute approximate surface area is 155 Å². The second-order valence-corrected chi connectivity index (χ2v) is 6.16. The van der Waals surface area contributed by atoms with Crippen molar-refractivity contribution in [3.63, 3.8) is 0 Å². The SMILES string of the molecule is CCc1ccc(Oc2c(CC(=O)[O-])oc3cc(O)c(CC)cc3c2=O)cc1. The zero-order valence-corrected chi connectivity index (χ0v) is 15.1. The first kappa shape index (κ1) is 18.5. The van der Waals surface area contributed by atoms with Gasteiger partial charge in [-0.15, -0.1) is 0 Å². The molecule has 0 spiro atoms. The van der Waals surface area contributed by atoms with Gasteiger partial charge in [-0.2, -0.15) is 0 Å². The zero-order valence-electron chi connectivity index (χ0n) is 15.1. The third kappa shape index (κ3) is 3.79. The Balaban J connectivity index is 2.17. The Bertz CT molecular complexity index is 1050. The molecule has 2 aromatic carbocycles. The fraction of sp³-hybridized carbons (Fsp3) is 0.238. The monoisotopic (exact) mass is 367 g/mol. The minimum Gasteiger partial charge on any atom is -0.550 e. The number of aryl methyl sites for hydroxylation is 2. The molecule has 0 atom stereocenters. The lowest BCUT2D eigenvalue weighted by Crippen LogP contribution is -2.25. The van der Waals surface area contributed by atoms with Crippen LogP contribution in [0.3, 0.4) is 0 Å². The zero-order chi connectivity index (χ0) is 19.6. The number of carboxylic acids is 1. The van der Waals surface area contributed by atoms with Crippen LogP contribution >= 0.6 is 0 Å². The van der Waals surface area contributed by atoms with Gasteiger partial charge in [-0.1, -0.05) is 26.0 Å². The Morgan fingerprint density at radius 3 is 2.44 bits per heavy atom. The van der Waals surface area contributed by atoms with Crippen molar-refractivity contribution in [3.05, 3.63) is 63.5 Å². The number of phenols is 1. The molecule has 6 nitrogen and oxygen atoms in total. The van der Waals surface area contributed by atoms with Gasteiger partial charge in [-0.25, -0.2) is 0 Å². The number of aromatic hydroxyl groups is 1. The maximum Gasteiger partial charge on any atom is 0.235 e. The highest BCUT2D eigenvalue weighted by Gasteiger charge is 2.18. The number of carboxylic acid groups (broad SMARTS) is 1. The van der Waals surface area contributed by atoms with Gasteiger partial charge in [-0.3, -0.25) is 4.79 Å². The van der Waals surface area contributed by atoms with Gasteiger partial charge in [0.2, 0.25) is 11.2 Å². The van der Waals surface area contributed by atoms with Crippen LogP contribution in [0.5, 0.6) is 17.2 Å². The van der Waals surface area contributed by atoms with Crippen molar-refractivity contribution in [2.75, 3.05) is 0 Å². The number of carbonyl (C=O) groups excluding carboxylic acids is 1. The number of fused-ring (bicyclic) bond motifs is 1. The lowest BCUT2D eigenvalue weighted by molar-refractivity contribution is -0.305. The van der Waals surface area contributed by atoms with Crippen LogP contribution in [0, 0.1) is 0 Å². The fourth-order valence-corrected chi connectivity index (χ4v) is 2.85. The second-order valence-electron chi connectivity index (χ2n) is 6.16. The Hall–Kier alpha value is -3.28. The normalized spacial score (nSPS) is 10.9. The smallest absolute Gasteiger partial charge is 0.235 e. The van der Waals surface area contributed by atoms with E-state index in [2.05, 4.69) is 0 Å². The molecule has 0 amide bonds. The average Bonchev–Trinajstić information content (AvgIpc) is 2.64. The number of phenolic OH excluding ortho intramolecular Hbond substituents is 1. The van der Waals surface area contributed by atoms with Crippen LogP contribution < -0.4 is 15.3 Å². The molecule has 0 aliphatic heterocycles. The summed E-state index contributed by atoms with van der Waals surface area (Å²) in [7, 11) is 0. The van der Waals surface area contributed by atoms with Crippen molar-refractivity contribution >= 4 is 16.9 Å². The molecule has 27 heavy (non-hydrogen) atoms. The van der Waals surface area contributed by atoms with E-state index in [9.17, 15) is 19.8 Å². The minimum absolute atomic E-state index is 0.0172. The maximum absolute atomic E-state index is 13.0. The highest BCUT2D eigenvalue weighted by Crippen LogP contribution is 2.30. The summed E-state index contributed by atoms with van der Waals surface area (Å²) in [5.41, 5.74) is 1.29. The van der Waals surface area contributed by atoms with Gasteiger partial charge in [0.1, 0.15) is 17.1 Å². The van der Waals surface area contributed by atoms with Crippen LogP contribution in [0.4, 0.5) is 0 Å². The summed E-state index contributed by atoms with van der Waals surface area (Å²) in [6.07, 6.45) is 0.762. The molecular weight excluding hydrogens is 348 g/mol. The van der Waals surface area contributed by atoms with E-state index >= 15 is 0 Å². The molecule has 1 heterocycles. The van der Waals surface area contributed by atoms with E-state index in [1.807, 2.05) is 26.0 Å². The number of aliphatic carboxylic acids is 1. The van der Waals surface area contributed by atoms with E-state index in [0.717, 1.165) is 12.0 Å². The van der Waals surface area contributed by atoms with Gasteiger partial charge in [0.25, 0.3) is 0 Å². The third-order valence-corrected chi connectivity index (χ3v) is 4.36. The van der Waals surface area contributed by atoms with Gasteiger partial charge >= 0.3 is 0 Å². The molecule has 0 saturated heterocycles. The molecule has 0 aliphatic rings. The summed E-state index contributed by atoms with van der Waals surface area (Å²) < 4.78 is 11.3. The lowest BCUT2D eigenvalue weighted by atomic mass is 10.1. The van der Waals surface area contributed by atoms with E-state index in [1.54, 1.807) is 12.1 Å². The van der Waals surface area contributed by atoms with E-state index < -0.39 is 17.8 Å². The number of ether oxygens (including phenoxy) is 1. The summed E-state index contributed by atoms with van der Waals surface area (Å²) in [6.45, 7) is 3.87. The Morgan fingerprint density at radius 1 is 1.15 bits per heavy atom. The van der Waals surface area contributed by atoms with Gasteiger partial charge in [0, 0.05) is 18.5 Å². The summed E-state index contributed by atoms with van der Waals surface area (Å²) in [5, 5.41) is 21.3. The number of hydrogen-bond donors (Lipinski definition) is 1. The lowest BCUT2D eigenvalue weighted by Gasteiger charge is -2.13. The highest BCUT2D eigenvalue weighted by atomic mass is 16.5. The van der Waals surface area contributed by atoms with Crippen LogP contribution in [0.15, 0.2) is 45.6 Å². The fourth-order valence-electron chi connectivity index (χ4n) is 2.85. The van der Waals surface area contributed by atoms with E-state index in [0.29, 0.717) is 17.7 Å². The topological polar surface area (TPSA) is 99.8 Å². The van der Waals surface area contributed by atoms with E-state index in [1.165, 1.54) is 12.1 Å². The second kappa shape index (κ2) is 7.53. The Morgan fingerprint density at radius 2 is 1.85 bits per heavy atom. The van der Waals surface area contributed by atoms with Gasteiger partial charge in [0.15, 0.2) is 5.76 Å². The molecule has 3 rings (SSSR count). The van der Waals surface area contributed by atoms with Crippen LogP contribution in [-0.4, -0.2) is 11.1 Å². The molecule has 3 aromatic rings. The number of carbonyl (C=O) groups is 1.